The predicted octanol–water partition coefficient (Wildman–Crippen LogP) is 2.21. The predicted molar refractivity (Wildman–Crippen MR) is 62.2 cm³/mol. The van der Waals surface area contributed by atoms with Crippen LogP contribution in [0.15, 0.2) is 17.1 Å². The van der Waals surface area contributed by atoms with Crippen LogP contribution >= 0.6 is 0 Å². The minimum absolute atomic E-state index is 0.950. The Kier molecular flexibility index (Phi) is 3.28. The third kappa shape index (κ3) is 1.79. The summed E-state index contributed by atoms with van der Waals surface area (Å²) in [4.78, 5) is 4.21. The topological polar surface area (TPSA) is 24.4 Å². The Balaban J connectivity index is 3.30. The summed E-state index contributed by atoms with van der Waals surface area (Å²) >= 11 is 0. The van der Waals surface area contributed by atoms with Crippen LogP contribution in [-0.4, -0.2) is 19.9 Å². The number of nitrogens with one attached hydrogen (secondary N) is 1. The van der Waals surface area contributed by atoms with Crippen molar-refractivity contribution in [1.82, 2.24) is 5.32 Å². The standard InChI is InChI=1S/C12H18N2/c1-8-6-7-11(10(3)9(8)2)12(13-4)14-5/h6-7H,1-5H3,(H,13,14). The average Bonchev–Trinajstić information content (AvgIpc) is 2.19. The zero-order chi connectivity index (χ0) is 10.7. The molecule has 2 heteroatoms. The summed E-state index contributed by atoms with van der Waals surface area (Å²) in [6.07, 6.45) is 0. The summed E-state index contributed by atoms with van der Waals surface area (Å²) < 4.78 is 0. The Morgan fingerprint density at radius 1 is 1.14 bits per heavy atom. The van der Waals surface area contributed by atoms with Gasteiger partial charge in [0.25, 0.3) is 0 Å². The number of rotatable bonds is 1. The number of benzene rings is 1. The molecule has 0 atom stereocenters. The minimum atomic E-state index is 0.950. The van der Waals surface area contributed by atoms with Crippen molar-refractivity contribution in [2.45, 2.75) is 20.8 Å². The quantitative estimate of drug-likeness (QED) is 0.533. The van der Waals surface area contributed by atoms with Crippen LogP contribution in [0.5, 0.6) is 0 Å². The van der Waals surface area contributed by atoms with Crippen molar-refractivity contribution in [3.63, 3.8) is 0 Å². The molecule has 0 saturated carbocycles. The van der Waals surface area contributed by atoms with Crippen molar-refractivity contribution < 1.29 is 0 Å². The number of hydrogen-bond acceptors (Lipinski definition) is 1. The number of amidine groups is 1. The summed E-state index contributed by atoms with van der Waals surface area (Å²) in [5.41, 5.74) is 5.18. The third-order valence-corrected chi connectivity index (χ3v) is 2.77. The Labute approximate surface area is 86.1 Å². The van der Waals surface area contributed by atoms with Gasteiger partial charge in [0.15, 0.2) is 0 Å². The van der Waals surface area contributed by atoms with Gasteiger partial charge in [-0.2, -0.15) is 0 Å². The van der Waals surface area contributed by atoms with Crippen LogP contribution in [0.3, 0.4) is 0 Å². The van der Waals surface area contributed by atoms with E-state index in [0.29, 0.717) is 0 Å². The highest BCUT2D eigenvalue weighted by atomic mass is 14.9. The molecule has 0 aliphatic carbocycles. The van der Waals surface area contributed by atoms with Crippen molar-refractivity contribution in [2.24, 2.45) is 4.99 Å². The first-order valence-corrected chi connectivity index (χ1v) is 4.83. The van der Waals surface area contributed by atoms with E-state index < -0.39 is 0 Å². The molecule has 2 nitrogen and oxygen atoms in total. The lowest BCUT2D eigenvalue weighted by atomic mass is 9.98. The highest BCUT2D eigenvalue weighted by Gasteiger charge is 2.07. The zero-order valence-corrected chi connectivity index (χ0v) is 9.60. The van der Waals surface area contributed by atoms with Crippen LogP contribution in [0.1, 0.15) is 22.3 Å². The van der Waals surface area contributed by atoms with Gasteiger partial charge in [0.1, 0.15) is 5.84 Å². The summed E-state index contributed by atoms with van der Waals surface area (Å²) in [6.45, 7) is 6.42. The van der Waals surface area contributed by atoms with Crippen molar-refractivity contribution in [1.29, 1.82) is 0 Å². The Bertz CT molecular complexity index is 365. The van der Waals surface area contributed by atoms with E-state index in [0.717, 1.165) is 5.84 Å². The molecule has 0 spiro atoms. The Hall–Kier alpha value is -1.31. The SMILES string of the molecule is C/N=C(/NC)c1ccc(C)c(C)c1C. The maximum Gasteiger partial charge on any atom is 0.128 e. The van der Waals surface area contributed by atoms with Gasteiger partial charge in [0.05, 0.1) is 0 Å². The second-order valence-electron chi connectivity index (χ2n) is 3.50. The van der Waals surface area contributed by atoms with E-state index in [9.17, 15) is 0 Å². The third-order valence-electron chi connectivity index (χ3n) is 2.77. The van der Waals surface area contributed by atoms with Gasteiger partial charge in [-0.05, 0) is 37.5 Å². The lowest BCUT2D eigenvalue weighted by Crippen LogP contribution is -2.20. The normalized spacial score (nSPS) is 11.6. The van der Waals surface area contributed by atoms with Crippen LogP contribution in [-0.2, 0) is 0 Å². The molecular weight excluding hydrogens is 172 g/mol. The van der Waals surface area contributed by atoms with Gasteiger partial charge >= 0.3 is 0 Å². The van der Waals surface area contributed by atoms with E-state index in [1.807, 2.05) is 7.05 Å². The first kappa shape index (κ1) is 10.8. The minimum Gasteiger partial charge on any atom is -0.373 e. The molecule has 0 unspecified atom stereocenters. The first-order valence-electron chi connectivity index (χ1n) is 4.83. The molecule has 1 aromatic rings. The maximum absolute atomic E-state index is 4.21. The highest BCUT2D eigenvalue weighted by Crippen LogP contribution is 2.17. The largest absolute Gasteiger partial charge is 0.373 e. The van der Waals surface area contributed by atoms with E-state index in [1.54, 1.807) is 7.05 Å². The fourth-order valence-corrected chi connectivity index (χ4v) is 1.58. The lowest BCUT2D eigenvalue weighted by Gasteiger charge is -2.12. The Morgan fingerprint density at radius 2 is 1.79 bits per heavy atom. The molecule has 1 aromatic carbocycles. The van der Waals surface area contributed by atoms with E-state index >= 15 is 0 Å². The molecule has 1 rings (SSSR count). The zero-order valence-electron chi connectivity index (χ0n) is 9.60. The van der Waals surface area contributed by atoms with Crippen molar-refractivity contribution >= 4 is 5.84 Å². The molecule has 0 saturated heterocycles. The smallest absolute Gasteiger partial charge is 0.128 e. The van der Waals surface area contributed by atoms with Gasteiger partial charge < -0.3 is 5.32 Å². The van der Waals surface area contributed by atoms with Gasteiger partial charge in [-0.15, -0.1) is 0 Å². The molecule has 0 radical (unpaired) electrons. The highest BCUT2D eigenvalue weighted by molar-refractivity contribution is 6.00. The molecule has 0 heterocycles. The van der Waals surface area contributed by atoms with Gasteiger partial charge in [0.2, 0.25) is 0 Å². The van der Waals surface area contributed by atoms with Gasteiger partial charge in [-0.1, -0.05) is 12.1 Å². The summed E-state index contributed by atoms with van der Waals surface area (Å²) in [6, 6.07) is 4.26. The molecule has 0 amide bonds. The van der Waals surface area contributed by atoms with E-state index in [-0.39, 0.29) is 0 Å². The lowest BCUT2D eigenvalue weighted by molar-refractivity contribution is 1.13. The average molecular weight is 190 g/mol. The molecule has 0 fully saturated rings. The van der Waals surface area contributed by atoms with Gasteiger partial charge in [-0.25, -0.2) is 0 Å². The fourth-order valence-electron chi connectivity index (χ4n) is 1.58. The molecule has 0 bridgehead atoms. The molecule has 1 N–H and O–H groups in total. The number of nitrogens with zero attached hydrogens (tertiary/aromatic N) is 1. The number of aliphatic imine (C=N–C) groups is 1. The van der Waals surface area contributed by atoms with E-state index in [2.05, 4.69) is 43.2 Å². The van der Waals surface area contributed by atoms with Crippen LogP contribution in [0.4, 0.5) is 0 Å². The first-order chi connectivity index (χ1) is 6.61. The summed E-state index contributed by atoms with van der Waals surface area (Å²) in [5.74, 6) is 0.950. The maximum atomic E-state index is 4.21. The monoisotopic (exact) mass is 190 g/mol. The van der Waals surface area contributed by atoms with Crippen LogP contribution in [0.2, 0.25) is 0 Å². The summed E-state index contributed by atoms with van der Waals surface area (Å²) in [7, 11) is 3.71. The second-order valence-corrected chi connectivity index (χ2v) is 3.50. The molecular formula is C12H18N2. The van der Waals surface area contributed by atoms with Crippen molar-refractivity contribution in [2.75, 3.05) is 14.1 Å². The number of aryl methyl sites for hydroxylation is 1. The van der Waals surface area contributed by atoms with E-state index in [4.69, 9.17) is 0 Å². The second kappa shape index (κ2) is 4.27. The van der Waals surface area contributed by atoms with E-state index in [1.165, 1.54) is 22.3 Å². The number of hydrogen-bond donors (Lipinski definition) is 1. The molecule has 0 aromatic heterocycles. The van der Waals surface area contributed by atoms with Crippen LogP contribution < -0.4 is 5.32 Å². The van der Waals surface area contributed by atoms with Crippen molar-refractivity contribution in [3.8, 4) is 0 Å². The van der Waals surface area contributed by atoms with Gasteiger partial charge in [0, 0.05) is 19.7 Å². The molecule has 0 aliphatic heterocycles. The van der Waals surface area contributed by atoms with Crippen molar-refractivity contribution in [3.05, 3.63) is 34.4 Å². The van der Waals surface area contributed by atoms with Gasteiger partial charge in [-0.3, -0.25) is 4.99 Å². The Morgan fingerprint density at radius 3 is 2.29 bits per heavy atom. The molecule has 0 aliphatic rings. The molecule has 14 heavy (non-hydrogen) atoms. The van der Waals surface area contributed by atoms with Crippen LogP contribution in [0.25, 0.3) is 0 Å². The molecule has 76 valence electrons. The fraction of sp³-hybridized carbons (Fsp3) is 0.417. The van der Waals surface area contributed by atoms with Crippen LogP contribution in [0, 0.1) is 20.8 Å². The summed E-state index contributed by atoms with van der Waals surface area (Å²) in [5, 5.41) is 3.11.